The van der Waals surface area contributed by atoms with Gasteiger partial charge in [-0.15, -0.1) is 0 Å². The van der Waals surface area contributed by atoms with Crippen LogP contribution in [0.5, 0.6) is 0 Å². The van der Waals surface area contributed by atoms with Gasteiger partial charge >= 0.3 is 0 Å². The molecule has 3 heterocycles. The number of aryl methyl sites for hydroxylation is 2. The summed E-state index contributed by atoms with van der Waals surface area (Å²) in [5, 5.41) is 3.07. The number of amides is 2. The van der Waals surface area contributed by atoms with E-state index in [1.54, 1.807) is 11.2 Å². The average molecular weight is 396 g/mol. The summed E-state index contributed by atoms with van der Waals surface area (Å²) < 4.78 is 7.37. The van der Waals surface area contributed by atoms with Gasteiger partial charge in [0.2, 0.25) is 5.91 Å². The van der Waals surface area contributed by atoms with Crippen molar-refractivity contribution in [3.63, 3.8) is 0 Å². The molecule has 8 nitrogen and oxygen atoms in total. The summed E-state index contributed by atoms with van der Waals surface area (Å²) in [4.78, 5) is 44.6. The predicted octanol–water partition coefficient (Wildman–Crippen LogP) is 1.67. The molecular weight excluding hydrogens is 372 g/mol. The zero-order valence-corrected chi connectivity index (χ0v) is 16.4. The topological polar surface area (TPSA) is 97.4 Å². The Morgan fingerprint density at radius 2 is 2.07 bits per heavy atom. The van der Waals surface area contributed by atoms with Crippen molar-refractivity contribution in [2.45, 2.75) is 44.1 Å². The van der Waals surface area contributed by atoms with Crippen molar-refractivity contribution in [2.24, 2.45) is 13.0 Å². The minimum Gasteiger partial charge on any atom is -0.468 e. The summed E-state index contributed by atoms with van der Waals surface area (Å²) in [7, 11) is 1.89. The average Bonchev–Trinajstić information content (AvgIpc) is 3.12. The van der Waals surface area contributed by atoms with Gasteiger partial charge in [-0.2, -0.15) is 0 Å². The fourth-order valence-electron chi connectivity index (χ4n) is 4.45. The Morgan fingerprint density at radius 3 is 2.79 bits per heavy atom. The van der Waals surface area contributed by atoms with Crippen molar-refractivity contribution >= 4 is 17.6 Å². The van der Waals surface area contributed by atoms with Gasteiger partial charge in [0.25, 0.3) is 5.91 Å². The summed E-state index contributed by atoms with van der Waals surface area (Å²) in [5.41, 5.74) is 1.57. The van der Waals surface area contributed by atoms with E-state index in [2.05, 4.69) is 10.3 Å². The van der Waals surface area contributed by atoms with E-state index in [9.17, 15) is 14.4 Å². The molecule has 0 spiro atoms. The summed E-state index contributed by atoms with van der Waals surface area (Å²) in [6.07, 6.45) is 8.91. The number of Topliss-reactive ketones (excluding diaryl/α,β-unsaturated/α-hetero) is 1. The van der Waals surface area contributed by atoms with Crippen LogP contribution in [0.2, 0.25) is 0 Å². The van der Waals surface area contributed by atoms with Crippen molar-refractivity contribution < 1.29 is 18.8 Å². The van der Waals surface area contributed by atoms with Gasteiger partial charge in [-0.25, -0.2) is 4.98 Å². The van der Waals surface area contributed by atoms with Crippen molar-refractivity contribution in [2.75, 3.05) is 13.1 Å². The number of nitrogens with one attached hydrogen (secondary N) is 1. The number of hydrogen-bond acceptors (Lipinski definition) is 5. The van der Waals surface area contributed by atoms with Crippen molar-refractivity contribution in [3.05, 3.63) is 41.4 Å². The lowest BCUT2D eigenvalue weighted by molar-refractivity contribution is -0.125. The zero-order valence-electron chi connectivity index (χ0n) is 16.4. The second-order valence-corrected chi connectivity index (χ2v) is 8.39. The number of imidazole rings is 1. The molecule has 2 atom stereocenters. The molecule has 3 aliphatic rings. The molecule has 1 saturated carbocycles. The van der Waals surface area contributed by atoms with Crippen LogP contribution in [0.1, 0.15) is 63.8 Å². The highest BCUT2D eigenvalue weighted by atomic mass is 16.3. The molecule has 0 unspecified atom stereocenters. The van der Waals surface area contributed by atoms with Gasteiger partial charge in [0, 0.05) is 51.1 Å². The van der Waals surface area contributed by atoms with E-state index in [4.69, 9.17) is 4.42 Å². The Kier molecular flexibility index (Phi) is 4.29. The van der Waals surface area contributed by atoms with Crippen LogP contribution in [0.3, 0.4) is 0 Å². The number of aromatic nitrogens is 2. The molecule has 0 aromatic carbocycles. The highest BCUT2D eigenvalue weighted by Gasteiger charge is 2.44. The lowest BCUT2D eigenvalue weighted by Gasteiger charge is -2.17. The number of rotatable bonds is 4. The highest BCUT2D eigenvalue weighted by Crippen LogP contribution is 2.35. The van der Waals surface area contributed by atoms with Gasteiger partial charge < -0.3 is 19.2 Å². The third-order valence-electron chi connectivity index (χ3n) is 6.16. The first-order chi connectivity index (χ1) is 14.0. The first kappa shape index (κ1) is 18.1. The Hall–Kier alpha value is -2.90. The fourth-order valence-corrected chi connectivity index (χ4v) is 4.45. The Labute approximate surface area is 168 Å². The first-order valence-corrected chi connectivity index (χ1v) is 10.2. The van der Waals surface area contributed by atoms with E-state index >= 15 is 0 Å². The molecule has 29 heavy (non-hydrogen) atoms. The maximum Gasteiger partial charge on any atom is 0.257 e. The molecule has 8 heteroatoms. The van der Waals surface area contributed by atoms with Crippen LogP contribution in [-0.4, -0.2) is 51.2 Å². The third kappa shape index (κ3) is 3.26. The number of hydrogen-bond donors (Lipinski definition) is 1. The van der Waals surface area contributed by atoms with Crippen LogP contribution in [0.25, 0.3) is 0 Å². The lowest BCUT2D eigenvalue weighted by atomic mass is 9.92. The van der Waals surface area contributed by atoms with Gasteiger partial charge in [0.15, 0.2) is 5.78 Å². The number of carbonyl (C=O) groups excluding carboxylic acids is 3. The van der Waals surface area contributed by atoms with E-state index in [0.717, 1.165) is 25.0 Å². The molecule has 0 bridgehead atoms. The van der Waals surface area contributed by atoms with E-state index in [-0.39, 0.29) is 35.5 Å². The first-order valence-electron chi connectivity index (χ1n) is 10.2. The van der Waals surface area contributed by atoms with E-state index < -0.39 is 0 Å². The summed E-state index contributed by atoms with van der Waals surface area (Å²) in [6.45, 7) is 0.708. The van der Waals surface area contributed by atoms with Crippen LogP contribution in [0.15, 0.2) is 23.2 Å². The quantitative estimate of drug-likeness (QED) is 0.848. The van der Waals surface area contributed by atoms with E-state index in [1.165, 1.54) is 6.26 Å². The minimum atomic E-state index is -0.354. The smallest absolute Gasteiger partial charge is 0.257 e. The number of furan rings is 1. The minimum absolute atomic E-state index is 0.0243. The molecule has 2 fully saturated rings. The molecule has 2 aromatic rings. The second-order valence-electron chi connectivity index (χ2n) is 8.39. The largest absolute Gasteiger partial charge is 0.468 e. The van der Waals surface area contributed by atoms with Crippen molar-refractivity contribution in [1.29, 1.82) is 0 Å². The maximum absolute atomic E-state index is 13.3. The maximum atomic E-state index is 13.3. The summed E-state index contributed by atoms with van der Waals surface area (Å²) in [5.74, 6) is -0.221. The molecule has 1 aliphatic heterocycles. The molecule has 2 aliphatic carbocycles. The van der Waals surface area contributed by atoms with Gasteiger partial charge in [-0.1, -0.05) is 0 Å². The molecule has 2 amide bonds. The van der Waals surface area contributed by atoms with Crippen LogP contribution >= 0.6 is 0 Å². The number of ketones is 1. The molecular formula is C21H24N4O4. The SMILES string of the molecule is Cn1cnc([C@@H]2CN(C(=O)c3coc4c3C(=O)CCC4)C[C@H]2C(=O)NC2CC2)c1. The van der Waals surface area contributed by atoms with E-state index in [0.29, 0.717) is 42.8 Å². The summed E-state index contributed by atoms with van der Waals surface area (Å²) >= 11 is 0. The van der Waals surface area contributed by atoms with Crippen LogP contribution < -0.4 is 5.32 Å². The molecule has 1 saturated heterocycles. The normalized spacial score (nSPS) is 23.9. The molecule has 2 aromatic heterocycles. The van der Waals surface area contributed by atoms with Crippen molar-refractivity contribution in [3.8, 4) is 0 Å². The van der Waals surface area contributed by atoms with Crippen LogP contribution in [0, 0.1) is 5.92 Å². The molecule has 0 radical (unpaired) electrons. The number of carbonyl (C=O) groups is 3. The lowest BCUT2D eigenvalue weighted by Crippen LogP contribution is -2.36. The Balaban J connectivity index is 1.42. The predicted molar refractivity (Wildman–Crippen MR) is 102 cm³/mol. The standard InChI is InChI=1S/C21H24N4O4/c1-24-9-16(22-11-24)13-7-25(8-14(13)20(27)23-12-5-6-12)21(28)15-10-29-18-4-2-3-17(26)19(15)18/h9-14H,2-8H2,1H3,(H,23,27)/t13-,14-/m1/s1. The highest BCUT2D eigenvalue weighted by molar-refractivity contribution is 6.09. The number of likely N-dealkylation sites (tertiary alicyclic amines) is 1. The van der Waals surface area contributed by atoms with Crippen molar-refractivity contribution in [1.82, 2.24) is 19.8 Å². The van der Waals surface area contributed by atoms with E-state index in [1.807, 2.05) is 17.8 Å². The fraction of sp³-hybridized carbons (Fsp3) is 0.524. The monoisotopic (exact) mass is 396 g/mol. The number of nitrogens with zero attached hydrogens (tertiary/aromatic N) is 3. The van der Waals surface area contributed by atoms with Gasteiger partial charge in [-0.05, 0) is 19.3 Å². The van der Waals surface area contributed by atoms with Gasteiger partial charge in [0.1, 0.15) is 12.0 Å². The van der Waals surface area contributed by atoms with Crippen LogP contribution in [-0.2, 0) is 18.3 Å². The second kappa shape index (κ2) is 6.86. The molecule has 1 N–H and O–H groups in total. The Morgan fingerprint density at radius 1 is 1.24 bits per heavy atom. The molecule has 152 valence electrons. The number of fused-ring (bicyclic) bond motifs is 1. The zero-order chi connectivity index (χ0) is 20.1. The Bertz CT molecular complexity index is 987. The van der Waals surface area contributed by atoms with Gasteiger partial charge in [0.05, 0.1) is 29.1 Å². The third-order valence-corrected chi connectivity index (χ3v) is 6.16. The summed E-state index contributed by atoms with van der Waals surface area (Å²) in [6, 6.07) is 0.259. The molecule has 5 rings (SSSR count). The van der Waals surface area contributed by atoms with Crippen LogP contribution in [0.4, 0.5) is 0 Å². The van der Waals surface area contributed by atoms with Gasteiger partial charge in [-0.3, -0.25) is 14.4 Å².